The molecule has 0 bridgehead atoms. The van der Waals surface area contributed by atoms with Crippen molar-refractivity contribution >= 4 is 44.5 Å². The minimum Gasteiger partial charge on any atom is -0.352 e. The van der Waals surface area contributed by atoms with Gasteiger partial charge < -0.3 is 5.32 Å². The first-order chi connectivity index (χ1) is 9.35. The monoisotopic (exact) mass is 335 g/mol. The number of carbonyl (C=O) groups is 2. The molecule has 1 aliphatic rings. The third kappa shape index (κ3) is 4.29. The average Bonchev–Trinajstić information content (AvgIpc) is 2.92. The number of thiophene rings is 1. The van der Waals surface area contributed by atoms with Crippen molar-refractivity contribution in [3.63, 3.8) is 0 Å². The number of hydrogen-bond donors (Lipinski definition) is 1. The lowest BCUT2D eigenvalue weighted by Crippen LogP contribution is -2.35. The van der Waals surface area contributed by atoms with Gasteiger partial charge in [0.1, 0.15) is 0 Å². The van der Waals surface area contributed by atoms with Crippen LogP contribution in [0.4, 0.5) is 0 Å². The maximum atomic E-state index is 11.8. The summed E-state index contributed by atoms with van der Waals surface area (Å²) in [5.41, 5.74) is 0. The van der Waals surface area contributed by atoms with Crippen LogP contribution in [0.5, 0.6) is 0 Å². The molecule has 5 nitrogen and oxygen atoms in total. The third-order valence-electron chi connectivity index (χ3n) is 3.02. The maximum Gasteiger partial charge on any atom is 0.220 e. The summed E-state index contributed by atoms with van der Waals surface area (Å²) in [5, 5.41) is 2.65. The second-order valence-electron chi connectivity index (χ2n) is 4.69. The van der Waals surface area contributed by atoms with E-state index in [1.807, 2.05) is 0 Å². The fourth-order valence-electron chi connectivity index (χ4n) is 2.02. The molecule has 2 rings (SSSR count). The Morgan fingerprint density at radius 2 is 2.10 bits per heavy atom. The Kier molecular flexibility index (Phi) is 4.82. The molecule has 0 aliphatic carbocycles. The van der Waals surface area contributed by atoms with Crippen LogP contribution < -0.4 is 5.32 Å². The molecule has 110 valence electrons. The number of rotatable bonds is 5. The van der Waals surface area contributed by atoms with E-state index in [0.29, 0.717) is 15.6 Å². The van der Waals surface area contributed by atoms with Crippen LogP contribution in [0.25, 0.3) is 0 Å². The van der Waals surface area contributed by atoms with Gasteiger partial charge in [0.25, 0.3) is 0 Å². The van der Waals surface area contributed by atoms with Crippen LogP contribution in [-0.2, 0) is 14.6 Å². The molecule has 2 heterocycles. The van der Waals surface area contributed by atoms with Crippen molar-refractivity contribution in [3.8, 4) is 0 Å². The zero-order valence-corrected chi connectivity index (χ0v) is 13.0. The molecule has 1 saturated heterocycles. The molecule has 0 spiro atoms. The summed E-state index contributed by atoms with van der Waals surface area (Å²) in [6.45, 7) is 0. The van der Waals surface area contributed by atoms with Gasteiger partial charge in [0.15, 0.2) is 15.6 Å². The maximum absolute atomic E-state index is 11.8. The molecule has 1 aromatic heterocycles. The van der Waals surface area contributed by atoms with Gasteiger partial charge in [-0.05, 0) is 18.6 Å². The van der Waals surface area contributed by atoms with E-state index in [1.54, 1.807) is 12.1 Å². The number of carbonyl (C=O) groups excluding carboxylic acids is 2. The van der Waals surface area contributed by atoms with Crippen molar-refractivity contribution in [2.24, 2.45) is 0 Å². The Hall–Kier alpha value is -0.920. The van der Waals surface area contributed by atoms with E-state index in [1.165, 1.54) is 11.3 Å². The quantitative estimate of drug-likeness (QED) is 0.830. The van der Waals surface area contributed by atoms with Gasteiger partial charge in [0.2, 0.25) is 5.91 Å². The highest BCUT2D eigenvalue weighted by Gasteiger charge is 2.28. The molecular formula is C12H14ClNO4S2. The first-order valence-corrected chi connectivity index (χ1v) is 9.15. The summed E-state index contributed by atoms with van der Waals surface area (Å²) in [7, 11) is -3.01. The van der Waals surface area contributed by atoms with E-state index in [4.69, 9.17) is 11.6 Å². The van der Waals surface area contributed by atoms with Crippen molar-refractivity contribution in [2.75, 3.05) is 11.5 Å². The summed E-state index contributed by atoms with van der Waals surface area (Å²) in [6.07, 6.45) is 0.607. The number of amides is 1. The lowest BCUT2D eigenvalue weighted by atomic mass is 10.1. The van der Waals surface area contributed by atoms with E-state index in [-0.39, 0.29) is 42.1 Å². The normalized spacial score (nSPS) is 20.8. The van der Waals surface area contributed by atoms with Crippen LogP contribution in [-0.4, -0.2) is 37.7 Å². The Bertz CT molecular complexity index is 623. The minimum atomic E-state index is -3.01. The summed E-state index contributed by atoms with van der Waals surface area (Å²) in [4.78, 5) is 24.0. The zero-order valence-electron chi connectivity index (χ0n) is 10.6. The molecule has 1 aliphatic heterocycles. The van der Waals surface area contributed by atoms with E-state index in [0.717, 1.165) is 0 Å². The van der Waals surface area contributed by atoms with Crippen LogP contribution >= 0.6 is 22.9 Å². The molecule has 0 radical (unpaired) electrons. The summed E-state index contributed by atoms with van der Waals surface area (Å²) < 4.78 is 23.1. The molecule has 1 unspecified atom stereocenters. The van der Waals surface area contributed by atoms with Crippen LogP contribution in [0, 0.1) is 0 Å². The Labute approximate surface area is 126 Å². The first kappa shape index (κ1) is 15.5. The van der Waals surface area contributed by atoms with Crippen LogP contribution in [0.15, 0.2) is 12.1 Å². The summed E-state index contributed by atoms with van der Waals surface area (Å²) in [6, 6.07) is 2.96. The highest BCUT2D eigenvalue weighted by atomic mass is 35.5. The molecule has 8 heteroatoms. The second kappa shape index (κ2) is 6.24. The van der Waals surface area contributed by atoms with Crippen molar-refractivity contribution in [1.82, 2.24) is 5.32 Å². The predicted molar refractivity (Wildman–Crippen MR) is 78.1 cm³/mol. The molecule has 1 fully saturated rings. The molecule has 0 saturated carbocycles. The van der Waals surface area contributed by atoms with E-state index < -0.39 is 9.84 Å². The smallest absolute Gasteiger partial charge is 0.220 e. The number of nitrogens with one attached hydrogen (secondary N) is 1. The molecule has 1 N–H and O–H groups in total. The Morgan fingerprint density at radius 1 is 1.35 bits per heavy atom. The zero-order chi connectivity index (χ0) is 14.8. The SMILES string of the molecule is O=C(CCC(=O)c1ccc(Cl)s1)NC1CCS(=O)(=O)C1. The predicted octanol–water partition coefficient (Wildman–Crippen LogP) is 1.67. The highest BCUT2D eigenvalue weighted by Crippen LogP contribution is 2.22. The number of ketones is 1. The molecular weight excluding hydrogens is 322 g/mol. The fraction of sp³-hybridized carbons (Fsp3) is 0.500. The summed E-state index contributed by atoms with van der Waals surface area (Å²) >= 11 is 6.92. The van der Waals surface area contributed by atoms with Crippen LogP contribution in [0.2, 0.25) is 4.34 Å². The lowest BCUT2D eigenvalue weighted by molar-refractivity contribution is -0.121. The number of hydrogen-bond acceptors (Lipinski definition) is 5. The minimum absolute atomic E-state index is 0.00673. The van der Waals surface area contributed by atoms with Gasteiger partial charge in [-0.15, -0.1) is 11.3 Å². The molecule has 1 aromatic rings. The van der Waals surface area contributed by atoms with Gasteiger partial charge in [-0.25, -0.2) is 8.42 Å². The Balaban J connectivity index is 1.77. The first-order valence-electron chi connectivity index (χ1n) is 6.14. The third-order valence-corrected chi connectivity index (χ3v) is 6.06. The topological polar surface area (TPSA) is 80.3 Å². The van der Waals surface area contributed by atoms with Gasteiger partial charge in [0.05, 0.1) is 20.7 Å². The van der Waals surface area contributed by atoms with Gasteiger partial charge in [-0.3, -0.25) is 9.59 Å². The molecule has 1 amide bonds. The van der Waals surface area contributed by atoms with Crippen LogP contribution in [0.1, 0.15) is 28.9 Å². The lowest BCUT2D eigenvalue weighted by Gasteiger charge is -2.10. The average molecular weight is 336 g/mol. The molecule has 1 atom stereocenters. The van der Waals surface area contributed by atoms with Gasteiger partial charge in [-0.1, -0.05) is 11.6 Å². The number of halogens is 1. The van der Waals surface area contributed by atoms with Crippen molar-refractivity contribution < 1.29 is 18.0 Å². The highest BCUT2D eigenvalue weighted by molar-refractivity contribution is 7.91. The fourth-order valence-corrected chi connectivity index (χ4v) is 4.71. The van der Waals surface area contributed by atoms with Gasteiger partial charge in [0, 0.05) is 18.9 Å². The standard InChI is InChI=1S/C12H14ClNO4S2/c13-11-3-2-10(19-11)9(15)1-4-12(16)14-8-5-6-20(17,18)7-8/h2-3,8H,1,4-7H2,(H,14,16). The van der Waals surface area contributed by atoms with Crippen molar-refractivity contribution in [3.05, 3.63) is 21.3 Å². The van der Waals surface area contributed by atoms with Crippen LogP contribution in [0.3, 0.4) is 0 Å². The van der Waals surface area contributed by atoms with E-state index >= 15 is 0 Å². The van der Waals surface area contributed by atoms with Gasteiger partial charge in [-0.2, -0.15) is 0 Å². The second-order valence-corrected chi connectivity index (χ2v) is 8.64. The summed E-state index contributed by atoms with van der Waals surface area (Å²) in [5.74, 6) is -0.308. The number of Topliss-reactive ketones (excluding diaryl/α,β-unsaturated/α-hetero) is 1. The van der Waals surface area contributed by atoms with E-state index in [2.05, 4.69) is 5.32 Å². The number of sulfone groups is 1. The largest absolute Gasteiger partial charge is 0.352 e. The van der Waals surface area contributed by atoms with Gasteiger partial charge >= 0.3 is 0 Å². The Morgan fingerprint density at radius 3 is 2.65 bits per heavy atom. The molecule has 0 aromatic carbocycles. The van der Waals surface area contributed by atoms with E-state index in [9.17, 15) is 18.0 Å². The molecule has 20 heavy (non-hydrogen) atoms. The van der Waals surface area contributed by atoms with Crippen molar-refractivity contribution in [1.29, 1.82) is 0 Å². The van der Waals surface area contributed by atoms with Crippen molar-refractivity contribution in [2.45, 2.75) is 25.3 Å².